The van der Waals surface area contributed by atoms with E-state index in [-0.39, 0.29) is 5.97 Å². The number of esters is 1. The largest absolute Gasteiger partial charge is 0.465 e. The van der Waals surface area contributed by atoms with E-state index in [1.807, 2.05) is 38.1 Å². The van der Waals surface area contributed by atoms with Crippen molar-refractivity contribution < 1.29 is 9.53 Å². The number of thioether (sulfide) groups is 1. The number of hydrogen-bond acceptors (Lipinski definition) is 4. The molecule has 0 spiro atoms. The normalized spacial score (nSPS) is 13.8. The SMILES string of the molecule is CCCNC(C)(CSc1ccc(Cl)cc1)C(=O)OCC. The second kappa shape index (κ2) is 8.55. The third-order valence-electron chi connectivity index (χ3n) is 2.83. The van der Waals surface area contributed by atoms with E-state index in [2.05, 4.69) is 12.2 Å². The zero-order valence-electron chi connectivity index (χ0n) is 12.2. The molecule has 1 aromatic rings. The lowest BCUT2D eigenvalue weighted by Crippen LogP contribution is -2.52. The van der Waals surface area contributed by atoms with Crippen molar-refractivity contribution in [3.05, 3.63) is 29.3 Å². The van der Waals surface area contributed by atoms with Gasteiger partial charge in [0.15, 0.2) is 0 Å². The molecular weight excluding hydrogens is 294 g/mol. The molecule has 0 amide bonds. The third kappa shape index (κ3) is 5.35. The smallest absolute Gasteiger partial charge is 0.326 e. The predicted octanol–water partition coefficient (Wildman–Crippen LogP) is 3.75. The monoisotopic (exact) mass is 315 g/mol. The minimum Gasteiger partial charge on any atom is -0.465 e. The van der Waals surface area contributed by atoms with Crippen LogP contribution in [0.25, 0.3) is 0 Å². The average Bonchev–Trinajstić information content (AvgIpc) is 2.45. The molecule has 0 bridgehead atoms. The molecule has 0 aliphatic heterocycles. The Morgan fingerprint density at radius 3 is 2.55 bits per heavy atom. The number of benzene rings is 1. The minimum absolute atomic E-state index is 0.199. The molecule has 1 atom stereocenters. The molecule has 0 aliphatic carbocycles. The summed E-state index contributed by atoms with van der Waals surface area (Å²) in [7, 11) is 0. The summed E-state index contributed by atoms with van der Waals surface area (Å²) in [5, 5.41) is 4.01. The number of hydrogen-bond donors (Lipinski definition) is 1. The summed E-state index contributed by atoms with van der Waals surface area (Å²) in [6, 6.07) is 7.62. The second-order valence-corrected chi connectivity index (χ2v) is 6.21. The number of nitrogens with one attached hydrogen (secondary N) is 1. The summed E-state index contributed by atoms with van der Waals surface area (Å²) in [6.07, 6.45) is 0.973. The van der Waals surface area contributed by atoms with Gasteiger partial charge in [0.2, 0.25) is 0 Å². The van der Waals surface area contributed by atoms with E-state index >= 15 is 0 Å². The van der Waals surface area contributed by atoms with Gasteiger partial charge in [-0.05, 0) is 51.1 Å². The van der Waals surface area contributed by atoms with Crippen LogP contribution in [0.1, 0.15) is 27.2 Å². The predicted molar refractivity (Wildman–Crippen MR) is 85.5 cm³/mol. The summed E-state index contributed by atoms with van der Waals surface area (Å²) in [6.45, 7) is 6.98. The van der Waals surface area contributed by atoms with E-state index in [0.717, 1.165) is 17.9 Å². The molecular formula is C15H22ClNO2S. The first-order chi connectivity index (χ1) is 9.51. The third-order valence-corrected chi connectivity index (χ3v) is 4.41. The lowest BCUT2D eigenvalue weighted by atomic mass is 10.1. The lowest BCUT2D eigenvalue weighted by molar-refractivity contribution is -0.149. The Kier molecular flexibility index (Phi) is 7.41. The first kappa shape index (κ1) is 17.3. The zero-order chi connectivity index (χ0) is 15.0. The Balaban J connectivity index is 2.68. The Hall–Kier alpha value is -0.710. The van der Waals surface area contributed by atoms with Gasteiger partial charge in [-0.25, -0.2) is 0 Å². The minimum atomic E-state index is -0.670. The summed E-state index contributed by atoms with van der Waals surface area (Å²) in [4.78, 5) is 13.2. The Labute approximate surface area is 130 Å². The molecule has 0 saturated heterocycles. The molecule has 0 aromatic heterocycles. The van der Waals surface area contributed by atoms with Crippen LogP contribution in [0.15, 0.2) is 29.2 Å². The van der Waals surface area contributed by atoms with E-state index in [9.17, 15) is 4.79 Å². The summed E-state index contributed by atoms with van der Waals surface area (Å²) in [5.74, 6) is 0.419. The highest BCUT2D eigenvalue weighted by Crippen LogP contribution is 2.25. The van der Waals surface area contributed by atoms with Crippen molar-refractivity contribution >= 4 is 29.3 Å². The standard InChI is InChI=1S/C15H22ClNO2S/c1-4-10-17-15(3,14(18)19-5-2)11-20-13-8-6-12(16)7-9-13/h6-9,17H,4-5,10-11H2,1-3H3. The van der Waals surface area contributed by atoms with E-state index in [1.165, 1.54) is 0 Å². The highest BCUT2D eigenvalue weighted by atomic mass is 35.5. The van der Waals surface area contributed by atoms with Crippen LogP contribution in [-0.2, 0) is 9.53 Å². The number of carbonyl (C=O) groups is 1. The Morgan fingerprint density at radius 1 is 1.35 bits per heavy atom. The van der Waals surface area contributed by atoms with Crippen molar-refractivity contribution in [1.29, 1.82) is 0 Å². The van der Waals surface area contributed by atoms with Gasteiger partial charge in [-0.3, -0.25) is 4.79 Å². The first-order valence-corrected chi connectivity index (χ1v) is 8.18. The van der Waals surface area contributed by atoms with Crippen LogP contribution < -0.4 is 5.32 Å². The van der Waals surface area contributed by atoms with Gasteiger partial charge in [0, 0.05) is 15.7 Å². The number of rotatable bonds is 8. The van der Waals surface area contributed by atoms with Crippen LogP contribution in [0.2, 0.25) is 5.02 Å². The van der Waals surface area contributed by atoms with Crippen molar-refractivity contribution in [1.82, 2.24) is 5.32 Å². The summed E-state index contributed by atoms with van der Waals surface area (Å²) < 4.78 is 5.18. The van der Waals surface area contributed by atoms with Crippen LogP contribution in [0.3, 0.4) is 0 Å². The van der Waals surface area contributed by atoms with Gasteiger partial charge in [-0.2, -0.15) is 0 Å². The van der Waals surface area contributed by atoms with Crippen molar-refractivity contribution in [2.24, 2.45) is 0 Å². The van der Waals surface area contributed by atoms with Crippen molar-refractivity contribution in [3.8, 4) is 0 Å². The summed E-state index contributed by atoms with van der Waals surface area (Å²) >= 11 is 7.48. The molecule has 1 rings (SSSR count). The molecule has 0 aliphatic rings. The number of ether oxygens (including phenoxy) is 1. The Bertz CT molecular complexity index is 424. The summed E-state index contributed by atoms with van der Waals surface area (Å²) in [5.41, 5.74) is -0.670. The first-order valence-electron chi connectivity index (χ1n) is 6.82. The maximum atomic E-state index is 12.1. The molecule has 112 valence electrons. The molecule has 0 radical (unpaired) electrons. The molecule has 0 saturated carbocycles. The van der Waals surface area contributed by atoms with E-state index < -0.39 is 5.54 Å². The van der Waals surface area contributed by atoms with E-state index in [1.54, 1.807) is 11.8 Å². The quantitative estimate of drug-likeness (QED) is 0.585. The molecule has 5 heteroatoms. The maximum Gasteiger partial charge on any atom is 0.326 e. The topological polar surface area (TPSA) is 38.3 Å². The second-order valence-electron chi connectivity index (χ2n) is 4.72. The van der Waals surface area contributed by atoms with E-state index in [0.29, 0.717) is 17.4 Å². The van der Waals surface area contributed by atoms with Gasteiger partial charge in [0.1, 0.15) is 5.54 Å². The van der Waals surface area contributed by atoms with Crippen molar-refractivity contribution in [2.75, 3.05) is 18.9 Å². The fraction of sp³-hybridized carbons (Fsp3) is 0.533. The van der Waals surface area contributed by atoms with Crippen molar-refractivity contribution in [2.45, 2.75) is 37.6 Å². The number of carbonyl (C=O) groups excluding carboxylic acids is 1. The molecule has 1 aromatic carbocycles. The zero-order valence-corrected chi connectivity index (χ0v) is 13.8. The fourth-order valence-corrected chi connectivity index (χ4v) is 2.76. The molecule has 1 N–H and O–H groups in total. The van der Waals surface area contributed by atoms with Gasteiger partial charge >= 0.3 is 5.97 Å². The Morgan fingerprint density at radius 2 is 2.00 bits per heavy atom. The van der Waals surface area contributed by atoms with Crippen LogP contribution in [-0.4, -0.2) is 30.4 Å². The van der Waals surface area contributed by atoms with Crippen molar-refractivity contribution in [3.63, 3.8) is 0 Å². The van der Waals surface area contributed by atoms with E-state index in [4.69, 9.17) is 16.3 Å². The van der Waals surface area contributed by atoms with Crippen LogP contribution >= 0.6 is 23.4 Å². The highest BCUT2D eigenvalue weighted by Gasteiger charge is 2.34. The molecule has 0 heterocycles. The molecule has 3 nitrogen and oxygen atoms in total. The molecule has 0 fully saturated rings. The van der Waals surface area contributed by atoms with Crippen LogP contribution in [0, 0.1) is 0 Å². The average molecular weight is 316 g/mol. The number of halogens is 1. The fourth-order valence-electron chi connectivity index (χ4n) is 1.63. The van der Waals surface area contributed by atoms with Gasteiger partial charge < -0.3 is 10.1 Å². The van der Waals surface area contributed by atoms with Crippen LogP contribution in [0.4, 0.5) is 0 Å². The molecule has 20 heavy (non-hydrogen) atoms. The van der Waals surface area contributed by atoms with Crippen LogP contribution in [0.5, 0.6) is 0 Å². The lowest BCUT2D eigenvalue weighted by Gasteiger charge is -2.28. The highest BCUT2D eigenvalue weighted by molar-refractivity contribution is 7.99. The van der Waals surface area contributed by atoms with Gasteiger partial charge in [0.25, 0.3) is 0 Å². The van der Waals surface area contributed by atoms with Gasteiger partial charge in [0.05, 0.1) is 6.61 Å². The molecule has 1 unspecified atom stereocenters. The van der Waals surface area contributed by atoms with Gasteiger partial charge in [-0.15, -0.1) is 11.8 Å². The maximum absolute atomic E-state index is 12.1. The van der Waals surface area contributed by atoms with Gasteiger partial charge in [-0.1, -0.05) is 18.5 Å².